The van der Waals surface area contributed by atoms with Crippen LogP contribution in [0.2, 0.25) is 0 Å². The number of rotatable bonds is 5. The highest BCUT2D eigenvalue weighted by Crippen LogP contribution is 2.21. The zero-order valence-corrected chi connectivity index (χ0v) is 11.1. The Morgan fingerprint density at radius 3 is 2.37 bits per heavy atom. The zero-order chi connectivity index (χ0) is 13.7. The molecule has 2 aromatic carbocycles. The van der Waals surface area contributed by atoms with Crippen LogP contribution in [0.15, 0.2) is 48.5 Å². The second-order valence-corrected chi connectivity index (χ2v) is 4.64. The normalized spacial score (nSPS) is 10.4. The summed E-state index contributed by atoms with van der Waals surface area (Å²) < 4.78 is 0. The molecule has 0 saturated heterocycles. The third-order valence-corrected chi connectivity index (χ3v) is 3.25. The molecule has 2 nitrogen and oxygen atoms in total. The molecule has 0 radical (unpaired) electrons. The van der Waals surface area contributed by atoms with E-state index in [4.69, 9.17) is 5.11 Å². The first kappa shape index (κ1) is 13.3. The summed E-state index contributed by atoms with van der Waals surface area (Å²) in [5, 5.41) is 8.67. The standard InChI is InChI=1S/C17H18O2/c1-2-13-4-3-5-16(12-13)15-9-6-14(7-10-15)8-11-17(18)19/h3-7,9-10,12H,2,8,11H2,1H3,(H,18,19). The number of aryl methyl sites for hydroxylation is 2. The summed E-state index contributed by atoms with van der Waals surface area (Å²) in [6.07, 6.45) is 1.81. The summed E-state index contributed by atoms with van der Waals surface area (Å²) in [6, 6.07) is 16.7. The number of aliphatic carboxylic acids is 1. The lowest BCUT2D eigenvalue weighted by Gasteiger charge is -2.05. The maximum absolute atomic E-state index is 10.5. The lowest BCUT2D eigenvalue weighted by molar-refractivity contribution is -0.136. The van der Waals surface area contributed by atoms with Crippen LogP contribution in [0.3, 0.4) is 0 Å². The molecule has 2 aromatic rings. The summed E-state index contributed by atoms with van der Waals surface area (Å²) >= 11 is 0. The molecule has 0 saturated carbocycles. The first-order chi connectivity index (χ1) is 9.19. The maximum atomic E-state index is 10.5. The Hall–Kier alpha value is -2.09. The van der Waals surface area contributed by atoms with Crippen LogP contribution < -0.4 is 0 Å². The number of carbonyl (C=O) groups is 1. The number of carboxylic acid groups (broad SMARTS) is 1. The maximum Gasteiger partial charge on any atom is 0.303 e. The quantitative estimate of drug-likeness (QED) is 0.877. The summed E-state index contributed by atoms with van der Waals surface area (Å²) in [6.45, 7) is 2.15. The lowest BCUT2D eigenvalue weighted by Crippen LogP contribution is -1.97. The fourth-order valence-electron chi connectivity index (χ4n) is 2.09. The van der Waals surface area contributed by atoms with E-state index in [0.717, 1.165) is 12.0 Å². The Morgan fingerprint density at radius 1 is 1.00 bits per heavy atom. The van der Waals surface area contributed by atoms with E-state index < -0.39 is 5.97 Å². The number of carboxylic acids is 1. The fourth-order valence-corrected chi connectivity index (χ4v) is 2.09. The molecule has 0 spiro atoms. The first-order valence-electron chi connectivity index (χ1n) is 6.59. The zero-order valence-electron chi connectivity index (χ0n) is 11.1. The summed E-state index contributed by atoms with van der Waals surface area (Å²) in [4.78, 5) is 10.5. The molecule has 19 heavy (non-hydrogen) atoms. The van der Waals surface area contributed by atoms with Gasteiger partial charge in [-0.05, 0) is 35.1 Å². The van der Waals surface area contributed by atoms with Gasteiger partial charge in [0.2, 0.25) is 0 Å². The number of hydrogen-bond acceptors (Lipinski definition) is 1. The SMILES string of the molecule is CCc1cccc(-c2ccc(CCC(=O)O)cc2)c1. The van der Waals surface area contributed by atoms with Gasteiger partial charge in [0.05, 0.1) is 0 Å². The highest BCUT2D eigenvalue weighted by Gasteiger charge is 2.01. The third kappa shape index (κ3) is 3.68. The minimum absolute atomic E-state index is 0.185. The van der Waals surface area contributed by atoms with Crippen molar-refractivity contribution in [3.63, 3.8) is 0 Å². The van der Waals surface area contributed by atoms with E-state index in [0.29, 0.717) is 6.42 Å². The molecule has 0 amide bonds. The van der Waals surface area contributed by atoms with Crippen molar-refractivity contribution in [3.05, 3.63) is 59.7 Å². The minimum Gasteiger partial charge on any atom is -0.481 e. The molecule has 0 aliphatic rings. The largest absolute Gasteiger partial charge is 0.481 e. The molecule has 0 heterocycles. The third-order valence-electron chi connectivity index (χ3n) is 3.25. The second-order valence-electron chi connectivity index (χ2n) is 4.64. The summed E-state index contributed by atoms with van der Waals surface area (Å²) in [7, 11) is 0. The number of benzene rings is 2. The molecule has 0 bridgehead atoms. The number of hydrogen-bond donors (Lipinski definition) is 1. The van der Waals surface area contributed by atoms with Crippen molar-refractivity contribution >= 4 is 5.97 Å². The van der Waals surface area contributed by atoms with Gasteiger partial charge in [0.15, 0.2) is 0 Å². The van der Waals surface area contributed by atoms with E-state index in [1.807, 2.05) is 12.1 Å². The van der Waals surface area contributed by atoms with Gasteiger partial charge in [-0.15, -0.1) is 0 Å². The summed E-state index contributed by atoms with van der Waals surface area (Å²) in [5.74, 6) is -0.750. The van der Waals surface area contributed by atoms with E-state index in [1.165, 1.54) is 16.7 Å². The predicted octanol–water partition coefficient (Wildman–Crippen LogP) is 3.93. The smallest absolute Gasteiger partial charge is 0.303 e. The van der Waals surface area contributed by atoms with Gasteiger partial charge in [-0.25, -0.2) is 0 Å². The lowest BCUT2D eigenvalue weighted by atomic mass is 10.00. The Bertz CT molecular complexity index is 556. The van der Waals surface area contributed by atoms with E-state index in [9.17, 15) is 4.79 Å². The molecule has 2 rings (SSSR count). The molecule has 98 valence electrons. The van der Waals surface area contributed by atoms with Crippen LogP contribution in [0.4, 0.5) is 0 Å². The average Bonchev–Trinajstić information content (AvgIpc) is 2.45. The topological polar surface area (TPSA) is 37.3 Å². The van der Waals surface area contributed by atoms with E-state index in [2.05, 4.69) is 43.3 Å². The highest BCUT2D eigenvalue weighted by molar-refractivity contribution is 5.67. The Morgan fingerprint density at radius 2 is 1.74 bits per heavy atom. The summed E-state index contributed by atoms with van der Waals surface area (Å²) in [5.41, 5.74) is 4.78. The van der Waals surface area contributed by atoms with Crippen LogP contribution in [0.25, 0.3) is 11.1 Å². The Kier molecular flexibility index (Phi) is 4.35. The van der Waals surface area contributed by atoms with E-state index >= 15 is 0 Å². The van der Waals surface area contributed by atoms with Crippen LogP contribution in [0.1, 0.15) is 24.5 Å². The molecule has 0 fully saturated rings. The average molecular weight is 254 g/mol. The molecular formula is C17H18O2. The van der Waals surface area contributed by atoms with Crippen LogP contribution in [-0.4, -0.2) is 11.1 Å². The van der Waals surface area contributed by atoms with Crippen LogP contribution in [-0.2, 0) is 17.6 Å². The monoisotopic (exact) mass is 254 g/mol. The van der Waals surface area contributed by atoms with Crippen molar-refractivity contribution in [2.24, 2.45) is 0 Å². The van der Waals surface area contributed by atoms with Gasteiger partial charge in [-0.2, -0.15) is 0 Å². The van der Waals surface area contributed by atoms with Crippen molar-refractivity contribution in [1.82, 2.24) is 0 Å². The van der Waals surface area contributed by atoms with Gasteiger partial charge in [-0.3, -0.25) is 4.79 Å². The van der Waals surface area contributed by atoms with Gasteiger partial charge in [0.25, 0.3) is 0 Å². The highest BCUT2D eigenvalue weighted by atomic mass is 16.4. The molecule has 2 heteroatoms. The van der Waals surface area contributed by atoms with Crippen molar-refractivity contribution in [3.8, 4) is 11.1 Å². The van der Waals surface area contributed by atoms with E-state index in [1.54, 1.807) is 0 Å². The van der Waals surface area contributed by atoms with Crippen molar-refractivity contribution in [2.45, 2.75) is 26.2 Å². The Labute approximate surface area is 113 Å². The molecule has 0 aliphatic heterocycles. The molecular weight excluding hydrogens is 236 g/mol. The van der Waals surface area contributed by atoms with Gasteiger partial charge >= 0.3 is 5.97 Å². The van der Waals surface area contributed by atoms with Crippen molar-refractivity contribution in [1.29, 1.82) is 0 Å². The molecule has 0 atom stereocenters. The first-order valence-corrected chi connectivity index (χ1v) is 6.59. The van der Waals surface area contributed by atoms with Gasteiger partial charge < -0.3 is 5.11 Å². The van der Waals surface area contributed by atoms with Crippen LogP contribution >= 0.6 is 0 Å². The van der Waals surface area contributed by atoms with Gasteiger partial charge in [0, 0.05) is 6.42 Å². The molecule has 0 unspecified atom stereocenters. The van der Waals surface area contributed by atoms with Crippen molar-refractivity contribution in [2.75, 3.05) is 0 Å². The fraction of sp³-hybridized carbons (Fsp3) is 0.235. The van der Waals surface area contributed by atoms with Crippen LogP contribution in [0, 0.1) is 0 Å². The minimum atomic E-state index is -0.750. The predicted molar refractivity (Wildman–Crippen MR) is 77.2 cm³/mol. The second kappa shape index (κ2) is 6.19. The molecule has 0 aliphatic carbocycles. The Balaban J connectivity index is 2.15. The van der Waals surface area contributed by atoms with Gasteiger partial charge in [0.1, 0.15) is 0 Å². The van der Waals surface area contributed by atoms with Crippen molar-refractivity contribution < 1.29 is 9.90 Å². The van der Waals surface area contributed by atoms with Gasteiger partial charge in [-0.1, -0.05) is 55.5 Å². The molecule has 0 aromatic heterocycles. The van der Waals surface area contributed by atoms with E-state index in [-0.39, 0.29) is 6.42 Å². The van der Waals surface area contributed by atoms with Crippen LogP contribution in [0.5, 0.6) is 0 Å². The molecule has 1 N–H and O–H groups in total.